The molecule has 1 saturated carbocycles. The molecule has 2 aliphatic carbocycles. The topological polar surface area (TPSA) is 0 Å². The average Bonchev–Trinajstić information content (AvgIpc) is 3.07. The van der Waals surface area contributed by atoms with E-state index >= 15 is 0 Å². The molecule has 3 atom stereocenters. The highest BCUT2D eigenvalue weighted by Crippen LogP contribution is 2.44. The smallest absolute Gasteiger partial charge is 0.0196 e. The summed E-state index contributed by atoms with van der Waals surface area (Å²) in [6.45, 7) is 8.00. The maximum absolute atomic E-state index is 2.45. The van der Waals surface area contributed by atoms with Gasteiger partial charge in [0, 0.05) is 0 Å². The molecule has 0 N–H and O–H groups in total. The molecule has 0 amide bonds. The standard InChI is InChI=1S/C14H16.2C2H6/c1-2-4-11(5-3-1)8-14-10-12-6-7-13(14)9-12;2*1-2/h1-7,12-14H,8-10H2;2*1-2H3. The molecule has 1 aromatic carbocycles. The Bertz CT molecular complexity index is 336. The van der Waals surface area contributed by atoms with Gasteiger partial charge in [-0.05, 0) is 42.6 Å². The molecule has 2 aliphatic rings. The first kappa shape index (κ1) is 15.0. The largest absolute Gasteiger partial charge is 0.0851 e. The third kappa shape index (κ3) is 3.73. The molecule has 0 nitrogen and oxygen atoms in total. The van der Waals surface area contributed by atoms with Crippen LogP contribution in [0, 0.1) is 17.8 Å². The summed E-state index contributed by atoms with van der Waals surface area (Å²) in [5, 5.41) is 0. The summed E-state index contributed by atoms with van der Waals surface area (Å²) in [6.07, 6.45) is 9.01. The molecule has 0 saturated heterocycles. The lowest BCUT2D eigenvalue weighted by Gasteiger charge is -2.17. The van der Waals surface area contributed by atoms with Gasteiger partial charge in [0.2, 0.25) is 0 Å². The van der Waals surface area contributed by atoms with Crippen molar-refractivity contribution in [2.75, 3.05) is 0 Å². The maximum Gasteiger partial charge on any atom is -0.0196 e. The zero-order chi connectivity index (χ0) is 13.4. The van der Waals surface area contributed by atoms with Gasteiger partial charge in [0.05, 0.1) is 0 Å². The molecule has 100 valence electrons. The van der Waals surface area contributed by atoms with Gasteiger partial charge in [0.1, 0.15) is 0 Å². The number of allylic oxidation sites excluding steroid dienone is 2. The van der Waals surface area contributed by atoms with Crippen molar-refractivity contribution in [1.82, 2.24) is 0 Å². The van der Waals surface area contributed by atoms with E-state index < -0.39 is 0 Å². The van der Waals surface area contributed by atoms with Gasteiger partial charge in [-0.2, -0.15) is 0 Å². The Morgan fingerprint density at radius 2 is 1.56 bits per heavy atom. The lowest BCUT2D eigenvalue weighted by atomic mass is 9.88. The van der Waals surface area contributed by atoms with Crippen molar-refractivity contribution < 1.29 is 0 Å². The molecule has 0 aliphatic heterocycles. The van der Waals surface area contributed by atoms with Gasteiger partial charge in [-0.15, -0.1) is 0 Å². The Kier molecular flexibility index (Phi) is 6.78. The molecule has 0 radical (unpaired) electrons. The second-order valence-electron chi connectivity index (χ2n) is 4.73. The minimum atomic E-state index is 0.889. The van der Waals surface area contributed by atoms with E-state index in [0.29, 0.717) is 0 Å². The summed E-state index contributed by atoms with van der Waals surface area (Å²) in [5.74, 6) is 2.72. The minimum Gasteiger partial charge on any atom is -0.0851 e. The number of fused-ring (bicyclic) bond motifs is 2. The Balaban J connectivity index is 0.000000371. The molecule has 18 heavy (non-hydrogen) atoms. The van der Waals surface area contributed by atoms with E-state index in [1.807, 2.05) is 27.7 Å². The summed E-state index contributed by atoms with van der Waals surface area (Å²) in [5.41, 5.74) is 1.51. The first-order chi connectivity index (χ1) is 8.92. The first-order valence-electron chi connectivity index (χ1n) is 7.64. The third-order valence-electron chi connectivity index (χ3n) is 3.76. The van der Waals surface area contributed by atoms with Crippen molar-refractivity contribution in [1.29, 1.82) is 0 Å². The van der Waals surface area contributed by atoms with Crippen LogP contribution in [0.4, 0.5) is 0 Å². The molecule has 0 heteroatoms. The predicted molar refractivity (Wildman–Crippen MR) is 81.7 cm³/mol. The van der Waals surface area contributed by atoms with Gasteiger partial charge in [0.15, 0.2) is 0 Å². The fraction of sp³-hybridized carbons (Fsp3) is 0.556. The Hall–Kier alpha value is -1.04. The van der Waals surface area contributed by atoms with Crippen LogP contribution in [-0.4, -0.2) is 0 Å². The molecule has 1 fully saturated rings. The molecule has 2 bridgehead atoms. The highest BCUT2D eigenvalue weighted by Gasteiger charge is 2.35. The van der Waals surface area contributed by atoms with Crippen molar-refractivity contribution in [3.63, 3.8) is 0 Å². The number of benzene rings is 1. The van der Waals surface area contributed by atoms with Gasteiger partial charge in [-0.1, -0.05) is 70.2 Å². The van der Waals surface area contributed by atoms with Gasteiger partial charge >= 0.3 is 0 Å². The summed E-state index contributed by atoms with van der Waals surface area (Å²) in [6, 6.07) is 10.9. The van der Waals surface area contributed by atoms with Crippen LogP contribution in [0.3, 0.4) is 0 Å². The minimum absolute atomic E-state index is 0.889. The van der Waals surface area contributed by atoms with Gasteiger partial charge in [-0.25, -0.2) is 0 Å². The summed E-state index contributed by atoms with van der Waals surface area (Å²) < 4.78 is 0. The second-order valence-corrected chi connectivity index (χ2v) is 4.73. The summed E-state index contributed by atoms with van der Waals surface area (Å²) in [4.78, 5) is 0. The number of hydrogen-bond donors (Lipinski definition) is 0. The van der Waals surface area contributed by atoms with Crippen molar-refractivity contribution in [3.8, 4) is 0 Å². The van der Waals surface area contributed by atoms with Crippen LogP contribution in [-0.2, 0) is 6.42 Å². The van der Waals surface area contributed by atoms with Crippen molar-refractivity contribution >= 4 is 0 Å². The van der Waals surface area contributed by atoms with Crippen LogP contribution in [0.15, 0.2) is 42.5 Å². The average molecular weight is 244 g/mol. The van der Waals surface area contributed by atoms with E-state index in [4.69, 9.17) is 0 Å². The van der Waals surface area contributed by atoms with E-state index in [-0.39, 0.29) is 0 Å². The lowest BCUT2D eigenvalue weighted by molar-refractivity contribution is 0.446. The van der Waals surface area contributed by atoms with Crippen LogP contribution < -0.4 is 0 Å². The molecular weight excluding hydrogens is 216 g/mol. The van der Waals surface area contributed by atoms with E-state index in [1.54, 1.807) is 0 Å². The zero-order valence-electron chi connectivity index (χ0n) is 12.4. The van der Waals surface area contributed by atoms with E-state index in [0.717, 1.165) is 17.8 Å². The lowest BCUT2D eigenvalue weighted by Crippen LogP contribution is -2.09. The van der Waals surface area contributed by atoms with Crippen molar-refractivity contribution in [3.05, 3.63) is 48.0 Å². The fourth-order valence-electron chi connectivity index (χ4n) is 3.05. The molecule has 0 heterocycles. The molecule has 3 unspecified atom stereocenters. The molecule has 3 rings (SSSR count). The third-order valence-corrected chi connectivity index (χ3v) is 3.76. The monoisotopic (exact) mass is 244 g/mol. The summed E-state index contributed by atoms with van der Waals surface area (Å²) >= 11 is 0. The maximum atomic E-state index is 2.45. The van der Waals surface area contributed by atoms with E-state index in [9.17, 15) is 0 Å². The Morgan fingerprint density at radius 1 is 0.889 bits per heavy atom. The molecule has 0 spiro atoms. The molecule has 1 aromatic rings. The van der Waals surface area contributed by atoms with Crippen molar-refractivity contribution in [2.24, 2.45) is 17.8 Å². The molecular formula is C18H28. The van der Waals surface area contributed by atoms with Crippen LogP contribution in [0.2, 0.25) is 0 Å². The fourth-order valence-corrected chi connectivity index (χ4v) is 3.05. The Labute approximate surface area is 113 Å². The molecule has 0 aromatic heterocycles. The number of rotatable bonds is 2. The Morgan fingerprint density at radius 3 is 2.06 bits per heavy atom. The van der Waals surface area contributed by atoms with Gasteiger partial charge in [0.25, 0.3) is 0 Å². The van der Waals surface area contributed by atoms with E-state index in [2.05, 4.69) is 42.5 Å². The van der Waals surface area contributed by atoms with Gasteiger partial charge < -0.3 is 0 Å². The number of hydrogen-bond acceptors (Lipinski definition) is 0. The zero-order valence-corrected chi connectivity index (χ0v) is 12.4. The highest BCUT2D eigenvalue weighted by atomic mass is 14.4. The van der Waals surface area contributed by atoms with Crippen molar-refractivity contribution in [2.45, 2.75) is 47.0 Å². The van der Waals surface area contributed by atoms with Crippen LogP contribution in [0.5, 0.6) is 0 Å². The quantitative estimate of drug-likeness (QED) is 0.603. The van der Waals surface area contributed by atoms with E-state index in [1.165, 1.54) is 24.8 Å². The first-order valence-corrected chi connectivity index (χ1v) is 7.64. The second kappa shape index (κ2) is 8.13. The van der Waals surface area contributed by atoms with Crippen LogP contribution in [0.25, 0.3) is 0 Å². The van der Waals surface area contributed by atoms with Gasteiger partial charge in [-0.3, -0.25) is 0 Å². The summed E-state index contributed by atoms with van der Waals surface area (Å²) in [7, 11) is 0. The predicted octanol–water partition coefficient (Wildman–Crippen LogP) is 5.49. The van der Waals surface area contributed by atoms with Crippen LogP contribution in [0.1, 0.15) is 46.1 Å². The van der Waals surface area contributed by atoms with Crippen LogP contribution >= 0.6 is 0 Å². The normalized spacial score (nSPS) is 27.0. The SMILES string of the molecule is C1=CC2CC1CC2Cc1ccccc1.CC.CC. The highest BCUT2D eigenvalue weighted by molar-refractivity contribution is 5.18.